The van der Waals surface area contributed by atoms with E-state index in [-0.39, 0.29) is 18.1 Å². The first-order valence-corrected chi connectivity index (χ1v) is 7.49. The lowest BCUT2D eigenvalue weighted by Crippen LogP contribution is -2.43. The smallest absolute Gasteiger partial charge is 0.321 e. The summed E-state index contributed by atoms with van der Waals surface area (Å²) in [5.41, 5.74) is -0.799. The van der Waals surface area contributed by atoms with E-state index < -0.39 is 27.4 Å². The third-order valence-electron chi connectivity index (χ3n) is 2.88. The quantitative estimate of drug-likeness (QED) is 0.711. The average Bonchev–Trinajstić information content (AvgIpc) is 2.95. The predicted octanol–water partition coefficient (Wildman–Crippen LogP) is 0.709. The molecule has 1 atom stereocenters. The highest BCUT2D eigenvalue weighted by Gasteiger charge is 2.47. The zero-order valence-electron chi connectivity index (χ0n) is 10.5. The highest BCUT2D eigenvalue weighted by atomic mass is 32.2. The van der Waals surface area contributed by atoms with E-state index in [0.29, 0.717) is 12.8 Å². The summed E-state index contributed by atoms with van der Waals surface area (Å²) >= 11 is 0. The largest absolute Gasteiger partial charge is 0.480 e. The van der Waals surface area contributed by atoms with Crippen LogP contribution < -0.4 is 4.72 Å². The van der Waals surface area contributed by atoms with Gasteiger partial charge in [0.1, 0.15) is 6.04 Å². The summed E-state index contributed by atoms with van der Waals surface area (Å²) in [6, 6.07) is 0.864. The van der Waals surface area contributed by atoms with Gasteiger partial charge in [0, 0.05) is 0 Å². The molecule has 1 aliphatic carbocycles. The highest BCUT2D eigenvalue weighted by Crippen LogP contribution is 2.45. The maximum atomic E-state index is 11.8. The molecule has 1 saturated carbocycles. The van der Waals surface area contributed by atoms with Crippen molar-refractivity contribution in [2.75, 3.05) is 5.75 Å². The van der Waals surface area contributed by atoms with Crippen LogP contribution in [-0.2, 0) is 14.8 Å². The summed E-state index contributed by atoms with van der Waals surface area (Å²) in [5, 5.41) is 17.8. The summed E-state index contributed by atoms with van der Waals surface area (Å²) in [5.74, 6) is -1.42. The molecule has 0 aromatic rings. The molecule has 0 radical (unpaired) electrons. The molecular formula is C11H18N2O4S. The Morgan fingerprint density at radius 2 is 2.06 bits per heavy atom. The molecule has 1 unspecified atom stereocenters. The molecule has 1 aliphatic rings. The molecule has 2 N–H and O–H groups in total. The predicted molar refractivity (Wildman–Crippen MR) is 65.1 cm³/mol. The van der Waals surface area contributed by atoms with Crippen LogP contribution in [0.5, 0.6) is 0 Å². The van der Waals surface area contributed by atoms with Crippen LogP contribution in [-0.4, -0.2) is 31.3 Å². The first kappa shape index (κ1) is 14.9. The highest BCUT2D eigenvalue weighted by molar-refractivity contribution is 7.89. The molecule has 6 nitrogen and oxygen atoms in total. The number of aliphatic carboxylic acids is 1. The van der Waals surface area contributed by atoms with Gasteiger partial charge >= 0.3 is 5.97 Å². The summed E-state index contributed by atoms with van der Waals surface area (Å²) in [7, 11) is -3.73. The van der Waals surface area contributed by atoms with Crippen LogP contribution in [0.15, 0.2) is 0 Å². The van der Waals surface area contributed by atoms with Crippen molar-refractivity contribution in [1.82, 2.24) is 4.72 Å². The maximum Gasteiger partial charge on any atom is 0.321 e. The maximum absolute atomic E-state index is 11.8. The lowest BCUT2D eigenvalue weighted by atomic mass is 10.1. The fraction of sp³-hybridized carbons (Fsp3) is 0.818. The Morgan fingerprint density at radius 3 is 2.39 bits per heavy atom. The van der Waals surface area contributed by atoms with Gasteiger partial charge in [-0.3, -0.25) is 4.79 Å². The molecular weight excluding hydrogens is 256 g/mol. The van der Waals surface area contributed by atoms with E-state index in [1.165, 1.54) is 0 Å². The monoisotopic (exact) mass is 274 g/mol. The number of nitrogens with zero attached hydrogens (tertiary/aromatic N) is 1. The Morgan fingerprint density at radius 1 is 1.50 bits per heavy atom. The van der Waals surface area contributed by atoms with Gasteiger partial charge in [-0.1, -0.05) is 13.8 Å². The van der Waals surface area contributed by atoms with Gasteiger partial charge in [0.05, 0.1) is 17.2 Å². The van der Waals surface area contributed by atoms with Gasteiger partial charge in [0.25, 0.3) is 0 Å². The second kappa shape index (κ2) is 5.24. The Hall–Kier alpha value is -1.13. The van der Waals surface area contributed by atoms with E-state index in [1.54, 1.807) is 0 Å². The zero-order valence-corrected chi connectivity index (χ0v) is 11.3. The molecule has 0 aromatic heterocycles. The third kappa shape index (κ3) is 4.27. The van der Waals surface area contributed by atoms with Crippen LogP contribution in [0.4, 0.5) is 0 Å². The lowest BCUT2D eigenvalue weighted by molar-refractivity contribution is -0.139. The Bertz CT molecular complexity index is 460. The summed E-state index contributed by atoms with van der Waals surface area (Å²) in [4.78, 5) is 11.0. The summed E-state index contributed by atoms with van der Waals surface area (Å²) in [6.07, 6.45) is 1.35. The fourth-order valence-corrected chi connectivity index (χ4v) is 3.53. The van der Waals surface area contributed by atoms with Crippen LogP contribution in [0, 0.1) is 22.7 Å². The fourth-order valence-electron chi connectivity index (χ4n) is 1.73. The first-order chi connectivity index (χ1) is 8.20. The van der Waals surface area contributed by atoms with Crippen molar-refractivity contribution in [3.05, 3.63) is 0 Å². The van der Waals surface area contributed by atoms with Crippen molar-refractivity contribution in [2.45, 2.75) is 39.2 Å². The van der Waals surface area contributed by atoms with E-state index in [0.717, 1.165) is 0 Å². The number of sulfonamides is 1. The van der Waals surface area contributed by atoms with Crippen molar-refractivity contribution >= 4 is 16.0 Å². The number of nitrogens with one attached hydrogen (secondary N) is 1. The second-order valence-corrected chi connectivity index (χ2v) is 7.04. The Balaban J connectivity index is 2.68. The van der Waals surface area contributed by atoms with E-state index in [1.807, 2.05) is 19.9 Å². The minimum Gasteiger partial charge on any atom is -0.480 e. The van der Waals surface area contributed by atoms with Gasteiger partial charge < -0.3 is 5.11 Å². The van der Waals surface area contributed by atoms with E-state index in [4.69, 9.17) is 10.4 Å². The molecule has 0 saturated heterocycles. The van der Waals surface area contributed by atoms with E-state index >= 15 is 0 Å². The minimum absolute atomic E-state index is 0.0691. The van der Waals surface area contributed by atoms with Crippen LogP contribution in [0.2, 0.25) is 0 Å². The number of carboxylic acids is 1. The molecule has 0 amide bonds. The Kier molecular flexibility index (Phi) is 4.35. The molecule has 18 heavy (non-hydrogen) atoms. The second-order valence-electron chi connectivity index (χ2n) is 5.29. The number of carboxylic acid groups (broad SMARTS) is 1. The van der Waals surface area contributed by atoms with Crippen molar-refractivity contribution in [2.24, 2.45) is 11.3 Å². The first-order valence-electron chi connectivity index (χ1n) is 5.84. The number of nitriles is 1. The lowest BCUT2D eigenvalue weighted by Gasteiger charge is -2.17. The SMILES string of the molecule is CC(C)CC(NS(=O)(=O)CC1(C#N)CC1)C(=O)O. The molecule has 1 rings (SSSR count). The number of hydrogen-bond donors (Lipinski definition) is 2. The van der Waals surface area contributed by atoms with Gasteiger partial charge in [0.2, 0.25) is 10.0 Å². The van der Waals surface area contributed by atoms with Crippen LogP contribution in [0.3, 0.4) is 0 Å². The van der Waals surface area contributed by atoms with Gasteiger partial charge in [-0.25, -0.2) is 13.1 Å². The van der Waals surface area contributed by atoms with Crippen LogP contribution in [0.1, 0.15) is 33.1 Å². The van der Waals surface area contributed by atoms with E-state index in [9.17, 15) is 13.2 Å². The van der Waals surface area contributed by atoms with Gasteiger partial charge in [-0.15, -0.1) is 0 Å². The van der Waals surface area contributed by atoms with Gasteiger partial charge in [-0.2, -0.15) is 5.26 Å². The molecule has 0 aromatic carbocycles. The van der Waals surface area contributed by atoms with Crippen molar-refractivity contribution in [3.8, 4) is 6.07 Å². The van der Waals surface area contributed by atoms with Crippen LogP contribution in [0.25, 0.3) is 0 Å². The third-order valence-corrected chi connectivity index (χ3v) is 4.46. The molecule has 0 aliphatic heterocycles. The molecule has 0 bridgehead atoms. The summed E-state index contributed by atoms with van der Waals surface area (Å²) < 4.78 is 25.8. The van der Waals surface area contributed by atoms with Gasteiger partial charge in [-0.05, 0) is 25.2 Å². The number of hydrogen-bond acceptors (Lipinski definition) is 4. The van der Waals surface area contributed by atoms with Crippen molar-refractivity contribution in [3.63, 3.8) is 0 Å². The molecule has 7 heteroatoms. The Labute approximate surface area is 107 Å². The van der Waals surface area contributed by atoms with Gasteiger partial charge in [0.15, 0.2) is 0 Å². The molecule has 0 heterocycles. The van der Waals surface area contributed by atoms with Crippen LogP contribution >= 0.6 is 0 Å². The van der Waals surface area contributed by atoms with E-state index in [2.05, 4.69) is 4.72 Å². The molecule has 102 valence electrons. The zero-order chi connectivity index (χ0) is 14.0. The number of carbonyl (C=O) groups is 1. The minimum atomic E-state index is -3.73. The molecule has 1 fully saturated rings. The average molecular weight is 274 g/mol. The van der Waals surface area contributed by atoms with Crippen molar-refractivity contribution < 1.29 is 18.3 Å². The summed E-state index contributed by atoms with van der Waals surface area (Å²) in [6.45, 7) is 3.64. The number of rotatable bonds is 7. The normalized spacial score (nSPS) is 19.2. The van der Waals surface area contributed by atoms with Crippen molar-refractivity contribution in [1.29, 1.82) is 5.26 Å². The standard InChI is InChI=1S/C11H18N2O4S/c1-8(2)5-9(10(14)15)13-18(16,17)7-11(6-12)3-4-11/h8-9,13H,3-5,7H2,1-2H3,(H,14,15). The molecule has 0 spiro atoms. The topological polar surface area (TPSA) is 107 Å².